The number of hydrogen-bond acceptors (Lipinski definition) is 2. The Kier molecular flexibility index (Phi) is 10.4. The fraction of sp³-hybridized carbons (Fsp3) is 1.00. The average molecular weight is 429 g/mol. The van der Waals surface area contributed by atoms with Gasteiger partial charge >= 0.3 is 0 Å². The van der Waals surface area contributed by atoms with Gasteiger partial charge in [0.05, 0.1) is 12.2 Å². The molecule has 3 aliphatic rings. The van der Waals surface area contributed by atoms with E-state index in [0.29, 0.717) is 32.0 Å². The molecule has 176 valence electrons. The largest absolute Gasteiger partial charge is 0.375 e. The van der Waals surface area contributed by atoms with E-state index in [2.05, 4.69) is 6.92 Å². The van der Waals surface area contributed by atoms with Crippen LogP contribution in [-0.4, -0.2) is 37.8 Å². The predicted octanol–water partition coefficient (Wildman–Crippen LogP) is 7.44. The molecule has 3 fully saturated rings. The lowest BCUT2D eigenvalue weighted by molar-refractivity contribution is -0.122. The summed E-state index contributed by atoms with van der Waals surface area (Å²) in [5, 5.41) is 0. The molecule has 0 radical (unpaired) electrons. The molecule has 0 saturated heterocycles. The van der Waals surface area contributed by atoms with Crippen LogP contribution >= 0.6 is 0 Å². The molecule has 0 aromatic heterocycles. The summed E-state index contributed by atoms with van der Waals surface area (Å²) in [6.07, 6.45) is 13.3. The molecule has 3 rings (SSSR count). The second kappa shape index (κ2) is 12.7. The van der Waals surface area contributed by atoms with Gasteiger partial charge < -0.3 is 9.47 Å². The highest BCUT2D eigenvalue weighted by Crippen LogP contribution is 2.42. The summed E-state index contributed by atoms with van der Waals surface area (Å²) in [5.41, 5.74) is 0. The van der Waals surface area contributed by atoms with E-state index in [-0.39, 0.29) is 0 Å². The number of halogens is 2. The third-order valence-corrected chi connectivity index (χ3v) is 8.34. The smallest absolute Gasteiger partial charge is 0.160 e. The first-order chi connectivity index (χ1) is 14.6. The standard InChI is InChI=1S/C26H46F2O2/c1-3-5-6-7-19-8-12-21(13-9-19)22-14-10-20(11-15-22)18-30-24-17-16-23(29-4-2)25(27)26(24)28/h19-26H,3-18H2,1-2H3. The summed E-state index contributed by atoms with van der Waals surface area (Å²) in [7, 11) is 0. The van der Waals surface area contributed by atoms with Crippen molar-refractivity contribution < 1.29 is 18.3 Å². The third-order valence-electron chi connectivity index (χ3n) is 8.34. The van der Waals surface area contributed by atoms with Gasteiger partial charge in [-0.25, -0.2) is 8.78 Å². The van der Waals surface area contributed by atoms with Gasteiger partial charge in [-0.1, -0.05) is 45.4 Å². The maximum atomic E-state index is 14.4. The summed E-state index contributed by atoms with van der Waals surface area (Å²) >= 11 is 0. The molecular formula is C26H46F2O2. The summed E-state index contributed by atoms with van der Waals surface area (Å²) in [6, 6.07) is 0. The normalized spacial score (nSPS) is 40.4. The Balaban J connectivity index is 1.31. The average Bonchev–Trinajstić information content (AvgIpc) is 2.78. The minimum atomic E-state index is -1.54. The first-order valence-corrected chi connectivity index (χ1v) is 13.1. The van der Waals surface area contributed by atoms with Crippen molar-refractivity contribution in [2.75, 3.05) is 13.2 Å². The minimum Gasteiger partial charge on any atom is -0.375 e. The van der Waals surface area contributed by atoms with Crippen LogP contribution in [0.4, 0.5) is 8.78 Å². The van der Waals surface area contributed by atoms with Crippen LogP contribution in [0.5, 0.6) is 0 Å². The third kappa shape index (κ3) is 6.89. The molecule has 0 N–H and O–H groups in total. The minimum absolute atomic E-state index is 0.438. The molecule has 30 heavy (non-hydrogen) atoms. The van der Waals surface area contributed by atoms with Crippen LogP contribution < -0.4 is 0 Å². The van der Waals surface area contributed by atoms with Crippen LogP contribution in [0.2, 0.25) is 0 Å². The van der Waals surface area contributed by atoms with Gasteiger partial charge in [-0.05, 0) is 82.0 Å². The summed E-state index contributed by atoms with van der Waals surface area (Å²) in [4.78, 5) is 0. The quantitative estimate of drug-likeness (QED) is 0.337. The molecule has 3 aliphatic carbocycles. The Hall–Kier alpha value is -0.220. The van der Waals surface area contributed by atoms with E-state index in [1.807, 2.05) is 6.92 Å². The molecular weight excluding hydrogens is 382 g/mol. The van der Waals surface area contributed by atoms with Crippen LogP contribution in [0.15, 0.2) is 0 Å². The van der Waals surface area contributed by atoms with Crippen molar-refractivity contribution in [2.24, 2.45) is 23.7 Å². The van der Waals surface area contributed by atoms with Crippen LogP contribution in [0.1, 0.15) is 104 Å². The van der Waals surface area contributed by atoms with Gasteiger partial charge in [0.15, 0.2) is 12.3 Å². The van der Waals surface area contributed by atoms with Gasteiger partial charge in [-0.2, -0.15) is 0 Å². The zero-order valence-electron chi connectivity index (χ0n) is 19.5. The SMILES string of the molecule is CCCCCC1CCC(C2CCC(COC3CCC(OCC)C(F)C3F)CC2)CC1. The number of unbranched alkanes of at least 4 members (excludes halogenated alkanes) is 2. The van der Waals surface area contributed by atoms with Crippen molar-refractivity contribution in [1.82, 2.24) is 0 Å². The van der Waals surface area contributed by atoms with Crippen LogP contribution in [0.25, 0.3) is 0 Å². The summed E-state index contributed by atoms with van der Waals surface area (Å²) in [6.45, 7) is 5.16. The lowest BCUT2D eigenvalue weighted by Crippen LogP contribution is -2.47. The summed E-state index contributed by atoms with van der Waals surface area (Å²) < 4.78 is 39.9. The molecule has 4 atom stereocenters. The van der Waals surface area contributed by atoms with E-state index in [4.69, 9.17) is 9.47 Å². The van der Waals surface area contributed by atoms with Crippen molar-refractivity contribution in [3.05, 3.63) is 0 Å². The van der Waals surface area contributed by atoms with E-state index in [9.17, 15) is 8.78 Å². The Morgan fingerprint density at radius 3 is 1.70 bits per heavy atom. The number of ether oxygens (including phenoxy) is 2. The molecule has 0 aliphatic heterocycles. The van der Waals surface area contributed by atoms with Crippen LogP contribution in [0.3, 0.4) is 0 Å². The second-order valence-electron chi connectivity index (χ2n) is 10.4. The maximum absolute atomic E-state index is 14.4. The first-order valence-electron chi connectivity index (χ1n) is 13.1. The molecule has 3 saturated carbocycles. The van der Waals surface area contributed by atoms with E-state index in [1.165, 1.54) is 77.0 Å². The molecule has 0 bridgehead atoms. The van der Waals surface area contributed by atoms with E-state index in [1.54, 1.807) is 0 Å². The van der Waals surface area contributed by atoms with E-state index < -0.39 is 24.6 Å². The van der Waals surface area contributed by atoms with Gasteiger partial charge in [0.2, 0.25) is 0 Å². The fourth-order valence-corrected chi connectivity index (χ4v) is 6.34. The highest BCUT2D eigenvalue weighted by Gasteiger charge is 2.42. The molecule has 2 nitrogen and oxygen atoms in total. The topological polar surface area (TPSA) is 18.5 Å². The van der Waals surface area contributed by atoms with Gasteiger partial charge in [-0.15, -0.1) is 0 Å². The van der Waals surface area contributed by atoms with Gasteiger partial charge in [0.25, 0.3) is 0 Å². The van der Waals surface area contributed by atoms with Gasteiger partial charge in [-0.3, -0.25) is 0 Å². The predicted molar refractivity (Wildman–Crippen MR) is 119 cm³/mol. The Labute approximate surface area is 183 Å². The monoisotopic (exact) mass is 428 g/mol. The molecule has 0 aromatic carbocycles. The molecule has 0 aromatic rings. The highest BCUT2D eigenvalue weighted by molar-refractivity contribution is 4.90. The Morgan fingerprint density at radius 1 is 0.633 bits per heavy atom. The molecule has 0 heterocycles. The molecule has 4 unspecified atom stereocenters. The zero-order chi connectivity index (χ0) is 21.3. The second-order valence-corrected chi connectivity index (χ2v) is 10.4. The van der Waals surface area contributed by atoms with Crippen LogP contribution in [-0.2, 0) is 9.47 Å². The van der Waals surface area contributed by atoms with Crippen LogP contribution in [0, 0.1) is 23.7 Å². The van der Waals surface area contributed by atoms with E-state index in [0.717, 1.165) is 17.8 Å². The highest BCUT2D eigenvalue weighted by atomic mass is 19.2. The number of alkyl halides is 2. The number of hydrogen-bond donors (Lipinski definition) is 0. The first kappa shape index (κ1) is 24.4. The van der Waals surface area contributed by atoms with Crippen molar-refractivity contribution in [2.45, 2.75) is 128 Å². The molecule has 4 heteroatoms. The lowest BCUT2D eigenvalue weighted by atomic mass is 9.69. The fourth-order valence-electron chi connectivity index (χ4n) is 6.34. The van der Waals surface area contributed by atoms with Crippen molar-refractivity contribution >= 4 is 0 Å². The zero-order valence-corrected chi connectivity index (χ0v) is 19.5. The summed E-state index contributed by atoms with van der Waals surface area (Å²) in [5.74, 6) is 3.35. The maximum Gasteiger partial charge on any atom is 0.160 e. The van der Waals surface area contributed by atoms with Crippen molar-refractivity contribution in [3.8, 4) is 0 Å². The van der Waals surface area contributed by atoms with E-state index >= 15 is 0 Å². The van der Waals surface area contributed by atoms with Gasteiger partial charge in [0, 0.05) is 13.2 Å². The molecule has 0 spiro atoms. The lowest BCUT2D eigenvalue weighted by Gasteiger charge is -2.39. The Morgan fingerprint density at radius 2 is 1.17 bits per heavy atom. The Bertz CT molecular complexity index is 458. The van der Waals surface area contributed by atoms with Crippen molar-refractivity contribution in [1.29, 1.82) is 0 Å². The van der Waals surface area contributed by atoms with Gasteiger partial charge in [0.1, 0.15) is 0 Å². The molecule has 0 amide bonds. The number of rotatable bonds is 10. The van der Waals surface area contributed by atoms with Crippen molar-refractivity contribution in [3.63, 3.8) is 0 Å².